The molecule has 0 saturated carbocycles. The second kappa shape index (κ2) is 7.89. The summed E-state index contributed by atoms with van der Waals surface area (Å²) in [7, 11) is 0. The highest BCUT2D eigenvalue weighted by Crippen LogP contribution is 2.24. The van der Waals surface area contributed by atoms with Gasteiger partial charge in [-0.3, -0.25) is 0 Å². The quantitative estimate of drug-likeness (QED) is 0.836. The Morgan fingerprint density at radius 2 is 1.96 bits per heavy atom. The lowest BCUT2D eigenvalue weighted by Gasteiger charge is -2.35. The minimum Gasteiger partial charge on any atom is -0.450 e. The number of piperidine rings is 1. The molecule has 0 aromatic carbocycles. The van der Waals surface area contributed by atoms with E-state index in [1.807, 2.05) is 13.8 Å². The summed E-state index contributed by atoms with van der Waals surface area (Å²) in [6.07, 6.45) is 2.29. The number of hydrogen-bond acceptors (Lipinski definition) is 6. The number of anilines is 2. The highest BCUT2D eigenvalue weighted by molar-refractivity contribution is 5.68. The lowest BCUT2D eigenvalue weighted by molar-refractivity contribution is 0.105. The Labute approximate surface area is 150 Å². The Hall–Kier alpha value is -2.05. The molecule has 2 saturated heterocycles. The molecule has 0 N–H and O–H groups in total. The summed E-state index contributed by atoms with van der Waals surface area (Å²) in [5.41, 5.74) is 0.992. The minimum atomic E-state index is -0.227. The first-order valence-corrected chi connectivity index (χ1v) is 9.34. The fraction of sp³-hybridized carbons (Fsp3) is 0.722. The van der Waals surface area contributed by atoms with Gasteiger partial charge in [0.1, 0.15) is 5.82 Å². The second-order valence-corrected chi connectivity index (χ2v) is 7.03. The molecule has 1 aromatic rings. The van der Waals surface area contributed by atoms with Gasteiger partial charge in [-0.05, 0) is 32.6 Å². The number of aryl methyl sites for hydroxylation is 1. The van der Waals surface area contributed by atoms with Crippen LogP contribution in [-0.4, -0.2) is 66.8 Å². The number of carbonyl (C=O) groups is 1. The van der Waals surface area contributed by atoms with E-state index in [1.54, 1.807) is 4.90 Å². The molecule has 1 atom stereocenters. The van der Waals surface area contributed by atoms with Crippen LogP contribution >= 0.6 is 0 Å². The lowest BCUT2D eigenvalue weighted by atomic mass is 10.0. The molecule has 2 fully saturated rings. The summed E-state index contributed by atoms with van der Waals surface area (Å²) < 4.78 is 5.08. The molecule has 3 heterocycles. The zero-order valence-electron chi connectivity index (χ0n) is 15.6. The number of ether oxygens (including phenoxy) is 1. The van der Waals surface area contributed by atoms with Crippen LogP contribution in [0.15, 0.2) is 6.07 Å². The monoisotopic (exact) mass is 347 g/mol. The standard InChI is InChI=1S/C18H29N5O2/c1-4-25-18(24)22-10-8-21(9-11-22)17-19-15(3)12-16(20-17)23-7-5-6-14(2)13-23/h12,14H,4-11,13H2,1-3H3. The van der Waals surface area contributed by atoms with E-state index in [1.165, 1.54) is 12.8 Å². The van der Waals surface area contributed by atoms with Crippen molar-refractivity contribution < 1.29 is 9.53 Å². The molecule has 0 radical (unpaired) electrons. The average Bonchev–Trinajstić information content (AvgIpc) is 2.61. The zero-order valence-corrected chi connectivity index (χ0v) is 15.6. The maximum absolute atomic E-state index is 11.8. The Bertz CT molecular complexity index is 601. The molecule has 138 valence electrons. The summed E-state index contributed by atoms with van der Waals surface area (Å²) in [4.78, 5) is 27.6. The van der Waals surface area contributed by atoms with Gasteiger partial charge in [0.25, 0.3) is 0 Å². The first kappa shape index (κ1) is 17.8. The normalized spacial score (nSPS) is 21.4. The van der Waals surface area contributed by atoms with Crippen molar-refractivity contribution in [2.45, 2.75) is 33.6 Å². The third-order valence-corrected chi connectivity index (χ3v) is 4.90. The van der Waals surface area contributed by atoms with Crippen LogP contribution in [0.25, 0.3) is 0 Å². The number of aromatic nitrogens is 2. The average molecular weight is 347 g/mol. The number of piperazine rings is 1. The number of nitrogens with zero attached hydrogens (tertiary/aromatic N) is 5. The van der Waals surface area contributed by atoms with Gasteiger partial charge in [0, 0.05) is 51.0 Å². The van der Waals surface area contributed by atoms with Crippen molar-refractivity contribution >= 4 is 17.9 Å². The van der Waals surface area contributed by atoms with Gasteiger partial charge < -0.3 is 19.4 Å². The van der Waals surface area contributed by atoms with Crippen LogP contribution in [-0.2, 0) is 4.74 Å². The summed E-state index contributed by atoms with van der Waals surface area (Å²) in [6, 6.07) is 2.08. The van der Waals surface area contributed by atoms with Crippen LogP contribution in [0, 0.1) is 12.8 Å². The smallest absolute Gasteiger partial charge is 0.409 e. The van der Waals surface area contributed by atoms with E-state index in [0.29, 0.717) is 25.6 Å². The molecule has 1 amide bonds. The van der Waals surface area contributed by atoms with Gasteiger partial charge in [0.2, 0.25) is 5.95 Å². The fourth-order valence-electron chi connectivity index (χ4n) is 3.54. The largest absolute Gasteiger partial charge is 0.450 e. The number of amides is 1. The molecule has 7 nitrogen and oxygen atoms in total. The van der Waals surface area contributed by atoms with Gasteiger partial charge >= 0.3 is 6.09 Å². The third kappa shape index (κ3) is 4.32. The molecule has 7 heteroatoms. The van der Waals surface area contributed by atoms with Crippen molar-refractivity contribution in [2.24, 2.45) is 5.92 Å². The molecular formula is C18H29N5O2. The van der Waals surface area contributed by atoms with Crippen LogP contribution in [0.3, 0.4) is 0 Å². The van der Waals surface area contributed by atoms with Gasteiger partial charge in [-0.2, -0.15) is 4.98 Å². The van der Waals surface area contributed by atoms with Crippen molar-refractivity contribution in [1.82, 2.24) is 14.9 Å². The fourth-order valence-corrected chi connectivity index (χ4v) is 3.54. The van der Waals surface area contributed by atoms with Crippen LogP contribution < -0.4 is 9.80 Å². The first-order valence-electron chi connectivity index (χ1n) is 9.34. The molecule has 25 heavy (non-hydrogen) atoms. The van der Waals surface area contributed by atoms with E-state index < -0.39 is 0 Å². The Kier molecular flexibility index (Phi) is 5.60. The summed E-state index contributed by atoms with van der Waals surface area (Å²) in [5, 5.41) is 0. The van der Waals surface area contributed by atoms with Crippen molar-refractivity contribution in [3.05, 3.63) is 11.8 Å². The predicted molar refractivity (Wildman–Crippen MR) is 98.2 cm³/mol. The predicted octanol–water partition coefficient (Wildman–Crippen LogP) is 2.30. The molecule has 0 spiro atoms. The van der Waals surface area contributed by atoms with E-state index >= 15 is 0 Å². The minimum absolute atomic E-state index is 0.227. The molecule has 1 unspecified atom stereocenters. The molecule has 0 bridgehead atoms. The Morgan fingerprint density at radius 1 is 1.20 bits per heavy atom. The molecule has 0 aliphatic carbocycles. The number of rotatable bonds is 3. The first-order chi connectivity index (χ1) is 12.1. The molecule has 1 aromatic heterocycles. The summed E-state index contributed by atoms with van der Waals surface area (Å²) in [5.74, 6) is 2.51. The SMILES string of the molecule is CCOC(=O)N1CCN(c2nc(C)cc(N3CCCC(C)C3)n2)CC1. The van der Waals surface area contributed by atoms with E-state index in [0.717, 1.165) is 43.6 Å². The topological polar surface area (TPSA) is 61.8 Å². The van der Waals surface area contributed by atoms with Crippen molar-refractivity contribution in [1.29, 1.82) is 0 Å². The van der Waals surface area contributed by atoms with Crippen LogP contribution in [0.1, 0.15) is 32.4 Å². The van der Waals surface area contributed by atoms with Gasteiger partial charge in [0.15, 0.2) is 0 Å². The van der Waals surface area contributed by atoms with Gasteiger partial charge in [-0.25, -0.2) is 9.78 Å². The molecule has 2 aliphatic heterocycles. The summed E-state index contributed by atoms with van der Waals surface area (Å²) >= 11 is 0. The highest BCUT2D eigenvalue weighted by Gasteiger charge is 2.25. The third-order valence-electron chi connectivity index (χ3n) is 4.90. The number of carbonyl (C=O) groups excluding carboxylic acids is 1. The Balaban J connectivity index is 1.68. The van der Waals surface area contributed by atoms with Crippen LogP contribution in [0.4, 0.5) is 16.6 Å². The van der Waals surface area contributed by atoms with Gasteiger partial charge in [-0.15, -0.1) is 0 Å². The van der Waals surface area contributed by atoms with E-state index in [4.69, 9.17) is 9.72 Å². The zero-order chi connectivity index (χ0) is 17.8. The van der Waals surface area contributed by atoms with E-state index in [2.05, 4.69) is 27.8 Å². The lowest BCUT2D eigenvalue weighted by Crippen LogP contribution is -2.49. The van der Waals surface area contributed by atoms with Crippen molar-refractivity contribution in [2.75, 3.05) is 55.7 Å². The summed E-state index contributed by atoms with van der Waals surface area (Å²) in [6.45, 7) is 11.5. The van der Waals surface area contributed by atoms with Gasteiger partial charge in [0.05, 0.1) is 6.61 Å². The van der Waals surface area contributed by atoms with Gasteiger partial charge in [-0.1, -0.05) is 6.92 Å². The molecule has 3 rings (SSSR count). The highest BCUT2D eigenvalue weighted by atomic mass is 16.6. The van der Waals surface area contributed by atoms with Crippen LogP contribution in [0.5, 0.6) is 0 Å². The molecular weight excluding hydrogens is 318 g/mol. The number of hydrogen-bond donors (Lipinski definition) is 0. The maximum Gasteiger partial charge on any atom is 0.409 e. The second-order valence-electron chi connectivity index (χ2n) is 7.03. The maximum atomic E-state index is 11.8. The van der Waals surface area contributed by atoms with E-state index in [9.17, 15) is 4.79 Å². The van der Waals surface area contributed by atoms with Crippen molar-refractivity contribution in [3.8, 4) is 0 Å². The Morgan fingerprint density at radius 3 is 2.64 bits per heavy atom. The van der Waals surface area contributed by atoms with Crippen LogP contribution in [0.2, 0.25) is 0 Å². The molecule has 2 aliphatic rings. The van der Waals surface area contributed by atoms with Crippen molar-refractivity contribution in [3.63, 3.8) is 0 Å². The van der Waals surface area contributed by atoms with E-state index in [-0.39, 0.29) is 6.09 Å².